The second-order valence-electron chi connectivity index (χ2n) is 4.76. The maximum atomic E-state index is 5.76. The molecule has 0 aromatic heterocycles. The van der Waals surface area contributed by atoms with E-state index < -0.39 is 0 Å². The van der Waals surface area contributed by atoms with Crippen molar-refractivity contribution in [3.05, 3.63) is 29.8 Å². The Kier molecular flexibility index (Phi) is 4.47. The first-order valence-corrected chi connectivity index (χ1v) is 6.27. The molecule has 0 saturated heterocycles. The smallest absolute Gasteiger partial charge is 0.113 e. The molecular weight excluding hydrogens is 195 g/mol. The zero-order valence-corrected chi connectivity index (χ0v) is 9.82. The first-order valence-electron chi connectivity index (χ1n) is 6.27. The second kappa shape index (κ2) is 6.10. The van der Waals surface area contributed by atoms with Crippen LogP contribution in [0.15, 0.2) is 24.3 Å². The van der Waals surface area contributed by atoms with Gasteiger partial charge >= 0.3 is 0 Å². The highest BCUT2D eigenvalue weighted by molar-refractivity contribution is 6.32. The van der Waals surface area contributed by atoms with E-state index >= 15 is 0 Å². The van der Waals surface area contributed by atoms with Crippen LogP contribution in [-0.4, -0.2) is 14.5 Å². The van der Waals surface area contributed by atoms with Crippen LogP contribution >= 0.6 is 0 Å². The molecule has 0 heterocycles. The van der Waals surface area contributed by atoms with Crippen molar-refractivity contribution in [3.63, 3.8) is 0 Å². The molecule has 1 aliphatic rings. The molecule has 2 radical (unpaired) electrons. The molecule has 0 atom stereocenters. The third kappa shape index (κ3) is 3.68. The van der Waals surface area contributed by atoms with E-state index in [4.69, 9.17) is 12.6 Å². The fourth-order valence-corrected chi connectivity index (χ4v) is 2.31. The minimum absolute atomic E-state index is 0.719. The van der Waals surface area contributed by atoms with Crippen LogP contribution < -0.4 is 5.46 Å². The highest BCUT2D eigenvalue weighted by atomic mass is 16.5. The molecule has 2 heteroatoms. The summed E-state index contributed by atoms with van der Waals surface area (Å²) in [6.07, 6.45) is 6.88. The minimum Gasteiger partial charge on any atom is -0.376 e. The van der Waals surface area contributed by atoms with Crippen molar-refractivity contribution in [3.8, 4) is 0 Å². The lowest BCUT2D eigenvalue weighted by Crippen LogP contribution is -2.13. The van der Waals surface area contributed by atoms with Gasteiger partial charge in [-0.15, -0.1) is 0 Å². The number of rotatable bonds is 4. The number of benzene rings is 1. The number of hydrogen-bond acceptors (Lipinski definition) is 1. The third-order valence-electron chi connectivity index (χ3n) is 3.33. The van der Waals surface area contributed by atoms with Crippen LogP contribution in [0, 0.1) is 5.92 Å². The van der Waals surface area contributed by atoms with Crippen LogP contribution in [0.3, 0.4) is 0 Å². The molecule has 1 aromatic rings. The van der Waals surface area contributed by atoms with Crippen LogP contribution in [0.25, 0.3) is 0 Å². The minimum atomic E-state index is 0.719. The van der Waals surface area contributed by atoms with E-state index in [1.165, 1.54) is 37.7 Å². The summed E-state index contributed by atoms with van der Waals surface area (Å²) in [7, 11) is 5.63. The molecule has 84 valence electrons. The SMILES string of the molecule is [B]c1ccc(COCC2CCCCC2)cc1. The average molecular weight is 214 g/mol. The first-order chi connectivity index (χ1) is 7.84. The normalized spacial score (nSPS) is 17.5. The molecule has 1 aliphatic carbocycles. The van der Waals surface area contributed by atoms with E-state index in [0.29, 0.717) is 0 Å². The molecule has 16 heavy (non-hydrogen) atoms. The molecule has 0 spiro atoms. The molecule has 2 rings (SSSR count). The predicted octanol–water partition coefficient (Wildman–Crippen LogP) is 2.58. The lowest BCUT2D eigenvalue weighted by atomic mass is 9.90. The summed E-state index contributed by atoms with van der Waals surface area (Å²) in [4.78, 5) is 0. The van der Waals surface area contributed by atoms with Crippen LogP contribution in [0.4, 0.5) is 0 Å². The van der Waals surface area contributed by atoms with Gasteiger partial charge in [0, 0.05) is 6.61 Å². The molecule has 0 aliphatic heterocycles. The molecule has 1 aromatic carbocycles. The van der Waals surface area contributed by atoms with Gasteiger partial charge in [-0.25, -0.2) is 0 Å². The summed E-state index contributed by atoms with van der Waals surface area (Å²) in [6.45, 7) is 1.64. The molecule has 0 N–H and O–H groups in total. The molecular formula is C14H19BO. The van der Waals surface area contributed by atoms with E-state index in [9.17, 15) is 0 Å². The van der Waals surface area contributed by atoms with Crippen LogP contribution in [0.1, 0.15) is 37.7 Å². The Bertz CT molecular complexity index is 301. The molecule has 1 nitrogen and oxygen atoms in total. The van der Waals surface area contributed by atoms with Crippen LogP contribution in [0.5, 0.6) is 0 Å². The van der Waals surface area contributed by atoms with E-state index in [1.54, 1.807) is 0 Å². The van der Waals surface area contributed by atoms with Crippen molar-refractivity contribution in [2.24, 2.45) is 5.92 Å². The van der Waals surface area contributed by atoms with Gasteiger partial charge in [-0.05, 0) is 24.3 Å². The molecule has 0 unspecified atom stereocenters. The van der Waals surface area contributed by atoms with Gasteiger partial charge in [-0.2, -0.15) is 0 Å². The van der Waals surface area contributed by atoms with E-state index in [2.05, 4.69) is 0 Å². The first kappa shape index (κ1) is 11.7. The Hall–Kier alpha value is -0.755. The lowest BCUT2D eigenvalue weighted by Gasteiger charge is -2.21. The van der Waals surface area contributed by atoms with Gasteiger partial charge < -0.3 is 4.74 Å². The summed E-state index contributed by atoms with van der Waals surface area (Å²) in [5, 5.41) is 0. The van der Waals surface area contributed by atoms with Gasteiger partial charge in [-0.3, -0.25) is 0 Å². The van der Waals surface area contributed by atoms with Crippen molar-refractivity contribution in [1.82, 2.24) is 0 Å². The van der Waals surface area contributed by atoms with Gasteiger partial charge in [0.25, 0.3) is 0 Å². The average Bonchev–Trinajstić information content (AvgIpc) is 2.33. The van der Waals surface area contributed by atoms with Crippen LogP contribution in [-0.2, 0) is 11.3 Å². The zero-order chi connectivity index (χ0) is 11.2. The monoisotopic (exact) mass is 214 g/mol. The molecule has 0 amide bonds. The van der Waals surface area contributed by atoms with Crippen molar-refractivity contribution < 1.29 is 4.74 Å². The number of ether oxygens (including phenoxy) is 1. The lowest BCUT2D eigenvalue weighted by molar-refractivity contribution is 0.0739. The maximum Gasteiger partial charge on any atom is 0.113 e. The molecule has 0 bridgehead atoms. The zero-order valence-electron chi connectivity index (χ0n) is 9.82. The van der Waals surface area contributed by atoms with Gasteiger partial charge in [0.15, 0.2) is 0 Å². The van der Waals surface area contributed by atoms with Gasteiger partial charge in [0.1, 0.15) is 7.85 Å². The fourth-order valence-electron chi connectivity index (χ4n) is 2.31. The maximum absolute atomic E-state index is 5.76. The third-order valence-corrected chi connectivity index (χ3v) is 3.33. The van der Waals surface area contributed by atoms with E-state index in [-0.39, 0.29) is 0 Å². The molecule has 1 saturated carbocycles. The summed E-state index contributed by atoms with van der Waals surface area (Å²) >= 11 is 0. The Morgan fingerprint density at radius 3 is 2.44 bits per heavy atom. The van der Waals surface area contributed by atoms with E-state index in [0.717, 1.165) is 24.6 Å². The quantitative estimate of drug-likeness (QED) is 0.700. The van der Waals surface area contributed by atoms with Crippen molar-refractivity contribution >= 4 is 13.3 Å². The van der Waals surface area contributed by atoms with Gasteiger partial charge in [-0.1, -0.05) is 49.0 Å². The van der Waals surface area contributed by atoms with Crippen LogP contribution in [0.2, 0.25) is 0 Å². The Morgan fingerprint density at radius 2 is 1.75 bits per heavy atom. The van der Waals surface area contributed by atoms with Gasteiger partial charge in [0.2, 0.25) is 0 Å². The highest BCUT2D eigenvalue weighted by Crippen LogP contribution is 2.23. The fraction of sp³-hybridized carbons (Fsp3) is 0.571. The Morgan fingerprint density at radius 1 is 1.06 bits per heavy atom. The van der Waals surface area contributed by atoms with Crippen molar-refractivity contribution in [2.45, 2.75) is 38.7 Å². The Balaban J connectivity index is 1.69. The summed E-state index contributed by atoms with van der Waals surface area (Å²) in [6, 6.07) is 7.94. The topological polar surface area (TPSA) is 9.23 Å². The van der Waals surface area contributed by atoms with Gasteiger partial charge in [0.05, 0.1) is 6.61 Å². The van der Waals surface area contributed by atoms with Crippen molar-refractivity contribution in [1.29, 1.82) is 0 Å². The standard InChI is InChI=1S/C14H19BO/c15-14-8-6-13(7-9-14)11-16-10-12-4-2-1-3-5-12/h6-9,12H,1-5,10-11H2. The largest absolute Gasteiger partial charge is 0.376 e. The second-order valence-corrected chi connectivity index (χ2v) is 4.76. The van der Waals surface area contributed by atoms with E-state index in [1.807, 2.05) is 24.3 Å². The summed E-state index contributed by atoms with van der Waals surface area (Å²) < 4.78 is 5.76. The predicted molar refractivity (Wildman–Crippen MR) is 68.1 cm³/mol. The summed E-state index contributed by atoms with van der Waals surface area (Å²) in [5.74, 6) is 0.794. The summed E-state index contributed by atoms with van der Waals surface area (Å²) in [5.41, 5.74) is 2.03. The number of hydrogen-bond donors (Lipinski definition) is 0. The molecule has 1 fully saturated rings. The Labute approximate surface area is 99.6 Å². The highest BCUT2D eigenvalue weighted by Gasteiger charge is 2.12. The van der Waals surface area contributed by atoms with Crippen molar-refractivity contribution in [2.75, 3.05) is 6.61 Å².